The highest BCUT2D eigenvalue weighted by atomic mass is 32.2. The fourth-order valence-electron chi connectivity index (χ4n) is 3.48. The monoisotopic (exact) mass is 325 g/mol. The van der Waals surface area contributed by atoms with Gasteiger partial charge in [-0.25, -0.2) is 0 Å². The molecule has 1 aliphatic carbocycles. The van der Waals surface area contributed by atoms with Crippen LogP contribution in [0.3, 0.4) is 0 Å². The maximum Gasteiger partial charge on any atom is 0.235 e. The first-order chi connectivity index (χ1) is 11.3. The molecule has 0 bridgehead atoms. The molecule has 1 fully saturated rings. The molecule has 3 heteroatoms. The first-order valence-corrected chi connectivity index (χ1v) is 9.33. The zero-order valence-electron chi connectivity index (χ0n) is 13.5. The van der Waals surface area contributed by atoms with Gasteiger partial charge in [-0.2, -0.15) is 0 Å². The Labute approximate surface area is 142 Å². The van der Waals surface area contributed by atoms with Crippen molar-refractivity contribution in [1.29, 1.82) is 0 Å². The summed E-state index contributed by atoms with van der Waals surface area (Å²) in [5.41, 5.74) is 1.72. The van der Waals surface area contributed by atoms with Crippen molar-refractivity contribution in [2.45, 2.75) is 42.9 Å². The number of thioether (sulfide) groups is 1. The van der Waals surface area contributed by atoms with Gasteiger partial charge in [0.1, 0.15) is 0 Å². The smallest absolute Gasteiger partial charge is 0.235 e. The van der Waals surface area contributed by atoms with Crippen LogP contribution < -0.4 is 5.32 Å². The normalized spacial score (nSPS) is 16.2. The topological polar surface area (TPSA) is 29.1 Å². The van der Waals surface area contributed by atoms with E-state index in [-0.39, 0.29) is 11.3 Å². The van der Waals surface area contributed by atoms with Gasteiger partial charge in [-0.3, -0.25) is 4.79 Å². The molecular formula is C20H23NOS. The summed E-state index contributed by atoms with van der Waals surface area (Å²) in [5, 5.41) is 3.22. The molecular weight excluding hydrogens is 302 g/mol. The molecule has 0 spiro atoms. The van der Waals surface area contributed by atoms with Crippen LogP contribution in [0.15, 0.2) is 59.5 Å². The van der Waals surface area contributed by atoms with Gasteiger partial charge in [0.15, 0.2) is 0 Å². The molecule has 1 saturated carbocycles. The lowest BCUT2D eigenvalue weighted by atomic mass is 9.78. The zero-order chi connectivity index (χ0) is 16.1. The van der Waals surface area contributed by atoms with Crippen molar-refractivity contribution in [3.8, 4) is 0 Å². The van der Waals surface area contributed by atoms with E-state index in [4.69, 9.17) is 0 Å². The zero-order valence-corrected chi connectivity index (χ0v) is 14.4. The molecule has 0 atom stereocenters. The van der Waals surface area contributed by atoms with Crippen LogP contribution >= 0.6 is 11.8 Å². The maximum atomic E-state index is 13.2. The standard InChI is InChI=1S/C20H23NOS/c1-2-23-18-13-7-6-12-17(18)21-19(22)20(14-8-9-15-20)16-10-4-3-5-11-16/h3-7,10-13H,2,8-9,14-15H2,1H3,(H,21,22). The Kier molecular flexibility index (Phi) is 5.06. The molecule has 1 amide bonds. The van der Waals surface area contributed by atoms with Crippen molar-refractivity contribution in [3.05, 3.63) is 60.2 Å². The van der Waals surface area contributed by atoms with Gasteiger partial charge in [0, 0.05) is 4.90 Å². The van der Waals surface area contributed by atoms with E-state index in [1.165, 1.54) is 0 Å². The number of hydrogen-bond donors (Lipinski definition) is 1. The lowest BCUT2D eigenvalue weighted by Crippen LogP contribution is -2.38. The number of carbonyl (C=O) groups excluding carboxylic acids is 1. The molecule has 1 aliphatic rings. The second-order valence-corrected chi connectivity index (χ2v) is 7.34. The van der Waals surface area contributed by atoms with Gasteiger partial charge in [0.2, 0.25) is 5.91 Å². The minimum absolute atomic E-state index is 0.144. The summed E-state index contributed by atoms with van der Waals surface area (Å²) >= 11 is 1.77. The Hall–Kier alpha value is -1.74. The molecule has 0 saturated heterocycles. The van der Waals surface area contributed by atoms with Crippen molar-refractivity contribution in [1.82, 2.24) is 0 Å². The van der Waals surface area contributed by atoms with Crippen LogP contribution in [-0.2, 0) is 10.2 Å². The summed E-state index contributed by atoms with van der Waals surface area (Å²) < 4.78 is 0. The molecule has 2 aromatic carbocycles. The largest absolute Gasteiger partial charge is 0.324 e. The number of benzene rings is 2. The van der Waals surface area contributed by atoms with Gasteiger partial charge in [0.05, 0.1) is 11.1 Å². The molecule has 3 rings (SSSR count). The molecule has 0 unspecified atom stereocenters. The summed E-state index contributed by atoms with van der Waals surface area (Å²) in [6.07, 6.45) is 4.11. The summed E-state index contributed by atoms with van der Waals surface area (Å²) in [6.45, 7) is 2.13. The first kappa shape index (κ1) is 16.1. The Balaban J connectivity index is 1.89. The van der Waals surface area contributed by atoms with Crippen LogP contribution in [0, 0.1) is 0 Å². The molecule has 2 aromatic rings. The number of carbonyl (C=O) groups is 1. The van der Waals surface area contributed by atoms with Crippen LogP contribution in [0.2, 0.25) is 0 Å². The predicted molar refractivity (Wildman–Crippen MR) is 98.1 cm³/mol. The quantitative estimate of drug-likeness (QED) is 0.761. The van der Waals surface area contributed by atoms with Gasteiger partial charge < -0.3 is 5.32 Å². The van der Waals surface area contributed by atoms with Crippen LogP contribution in [0.25, 0.3) is 0 Å². The second-order valence-electron chi connectivity index (χ2n) is 6.04. The summed E-state index contributed by atoms with van der Waals surface area (Å²) in [4.78, 5) is 14.3. The highest BCUT2D eigenvalue weighted by Gasteiger charge is 2.42. The number of para-hydroxylation sites is 1. The fraction of sp³-hybridized carbons (Fsp3) is 0.350. The third kappa shape index (κ3) is 3.30. The molecule has 0 aromatic heterocycles. The molecule has 2 nitrogen and oxygen atoms in total. The molecule has 23 heavy (non-hydrogen) atoms. The Bertz CT molecular complexity index is 662. The third-order valence-electron chi connectivity index (χ3n) is 4.65. The summed E-state index contributed by atoms with van der Waals surface area (Å²) in [7, 11) is 0. The van der Waals surface area contributed by atoms with Gasteiger partial charge >= 0.3 is 0 Å². The first-order valence-electron chi connectivity index (χ1n) is 8.35. The molecule has 120 valence electrons. The maximum absolute atomic E-state index is 13.2. The van der Waals surface area contributed by atoms with E-state index in [9.17, 15) is 4.79 Å². The lowest BCUT2D eigenvalue weighted by molar-refractivity contribution is -0.121. The van der Waals surface area contributed by atoms with Crippen molar-refractivity contribution in [3.63, 3.8) is 0 Å². The average Bonchev–Trinajstić information content (AvgIpc) is 3.09. The number of nitrogens with one attached hydrogen (secondary N) is 1. The molecule has 0 heterocycles. The van der Waals surface area contributed by atoms with Gasteiger partial charge in [0.25, 0.3) is 0 Å². The van der Waals surface area contributed by atoms with Crippen molar-refractivity contribution >= 4 is 23.4 Å². The van der Waals surface area contributed by atoms with E-state index in [1.54, 1.807) is 11.8 Å². The van der Waals surface area contributed by atoms with Crippen LogP contribution in [0.1, 0.15) is 38.2 Å². The van der Waals surface area contributed by atoms with Crippen LogP contribution in [-0.4, -0.2) is 11.7 Å². The van der Waals surface area contributed by atoms with E-state index in [2.05, 4.69) is 30.4 Å². The van der Waals surface area contributed by atoms with Crippen molar-refractivity contribution in [2.24, 2.45) is 0 Å². The Morgan fingerprint density at radius 1 is 1.04 bits per heavy atom. The number of hydrogen-bond acceptors (Lipinski definition) is 2. The minimum atomic E-state index is -0.370. The predicted octanol–water partition coefficient (Wildman–Crippen LogP) is 5.25. The molecule has 0 radical (unpaired) electrons. The van der Waals surface area contributed by atoms with E-state index >= 15 is 0 Å². The average molecular weight is 325 g/mol. The summed E-state index contributed by atoms with van der Waals surface area (Å²) in [5.74, 6) is 1.14. The highest BCUT2D eigenvalue weighted by molar-refractivity contribution is 7.99. The van der Waals surface area contributed by atoms with Crippen molar-refractivity contribution < 1.29 is 4.79 Å². The Morgan fingerprint density at radius 3 is 2.39 bits per heavy atom. The highest BCUT2D eigenvalue weighted by Crippen LogP contribution is 2.42. The van der Waals surface area contributed by atoms with E-state index in [1.807, 2.05) is 36.4 Å². The number of amides is 1. The fourth-order valence-corrected chi connectivity index (χ4v) is 4.24. The second kappa shape index (κ2) is 7.22. The number of rotatable bonds is 5. The van der Waals surface area contributed by atoms with E-state index < -0.39 is 0 Å². The SMILES string of the molecule is CCSc1ccccc1NC(=O)C1(c2ccccc2)CCCC1. The Morgan fingerprint density at radius 2 is 1.70 bits per heavy atom. The lowest BCUT2D eigenvalue weighted by Gasteiger charge is -2.28. The molecule has 0 aliphatic heterocycles. The third-order valence-corrected chi connectivity index (χ3v) is 5.61. The summed E-state index contributed by atoms with van der Waals surface area (Å²) in [6, 6.07) is 18.4. The van der Waals surface area contributed by atoms with E-state index in [0.717, 1.165) is 47.6 Å². The number of anilines is 1. The van der Waals surface area contributed by atoms with Gasteiger partial charge in [-0.05, 0) is 36.3 Å². The van der Waals surface area contributed by atoms with E-state index in [0.29, 0.717) is 0 Å². The van der Waals surface area contributed by atoms with Crippen molar-refractivity contribution in [2.75, 3.05) is 11.1 Å². The minimum Gasteiger partial charge on any atom is -0.324 e. The van der Waals surface area contributed by atoms with Crippen LogP contribution in [0.5, 0.6) is 0 Å². The molecule has 1 N–H and O–H groups in total. The van der Waals surface area contributed by atoms with Gasteiger partial charge in [-0.1, -0.05) is 62.2 Å². The van der Waals surface area contributed by atoms with Crippen LogP contribution in [0.4, 0.5) is 5.69 Å². The van der Waals surface area contributed by atoms with Gasteiger partial charge in [-0.15, -0.1) is 11.8 Å².